The van der Waals surface area contributed by atoms with Crippen LogP contribution in [0, 0.1) is 0 Å². The van der Waals surface area contributed by atoms with Gasteiger partial charge in [-0.15, -0.1) is 0 Å². The minimum Gasteiger partial charge on any atom is -0.330 e. The Morgan fingerprint density at radius 3 is 2.39 bits per heavy atom. The fourth-order valence-electron chi connectivity index (χ4n) is 1.31. The molecular formula is C10H13F3N2O2S. The van der Waals surface area contributed by atoms with Crippen molar-refractivity contribution in [1.82, 2.24) is 0 Å². The van der Waals surface area contributed by atoms with E-state index in [4.69, 9.17) is 5.73 Å². The highest BCUT2D eigenvalue weighted by Gasteiger charge is 2.34. The van der Waals surface area contributed by atoms with E-state index < -0.39 is 27.5 Å². The summed E-state index contributed by atoms with van der Waals surface area (Å²) in [7, 11) is -3.81. The van der Waals surface area contributed by atoms with Crippen LogP contribution in [0.1, 0.15) is 12.0 Å². The summed E-state index contributed by atoms with van der Waals surface area (Å²) >= 11 is 0. The van der Waals surface area contributed by atoms with Gasteiger partial charge < -0.3 is 5.73 Å². The minimum atomic E-state index is -4.60. The second kappa shape index (κ2) is 5.57. The van der Waals surface area contributed by atoms with Crippen molar-refractivity contribution in [1.29, 1.82) is 0 Å². The van der Waals surface area contributed by atoms with Crippen LogP contribution in [0.3, 0.4) is 0 Å². The van der Waals surface area contributed by atoms with Gasteiger partial charge in [0.1, 0.15) is 0 Å². The number of benzene rings is 1. The molecule has 0 aromatic heterocycles. The predicted octanol–water partition coefficient (Wildman–Crippen LogP) is 1.80. The Morgan fingerprint density at radius 2 is 1.83 bits per heavy atom. The number of rotatable bonds is 5. The largest absolute Gasteiger partial charge is 0.418 e. The Bertz CT molecular complexity index is 500. The molecule has 0 saturated carbocycles. The maximum absolute atomic E-state index is 12.6. The molecular weight excluding hydrogens is 269 g/mol. The highest BCUT2D eigenvalue weighted by molar-refractivity contribution is 7.92. The van der Waals surface area contributed by atoms with Gasteiger partial charge in [-0.05, 0) is 25.1 Å². The van der Waals surface area contributed by atoms with Gasteiger partial charge in [-0.1, -0.05) is 12.1 Å². The Morgan fingerprint density at radius 1 is 1.22 bits per heavy atom. The highest BCUT2D eigenvalue weighted by Crippen LogP contribution is 2.34. The summed E-state index contributed by atoms with van der Waals surface area (Å²) in [6.07, 6.45) is -4.42. The molecule has 3 N–H and O–H groups in total. The molecule has 4 nitrogen and oxygen atoms in total. The molecule has 0 amide bonds. The monoisotopic (exact) mass is 282 g/mol. The first-order valence-electron chi connectivity index (χ1n) is 5.13. The number of nitrogens with one attached hydrogen (secondary N) is 1. The first-order chi connectivity index (χ1) is 8.26. The molecule has 0 saturated heterocycles. The lowest BCUT2D eigenvalue weighted by atomic mass is 10.2. The lowest BCUT2D eigenvalue weighted by Gasteiger charge is -2.14. The molecule has 0 atom stereocenters. The van der Waals surface area contributed by atoms with Gasteiger partial charge in [0.2, 0.25) is 10.0 Å². The zero-order valence-electron chi connectivity index (χ0n) is 9.37. The van der Waals surface area contributed by atoms with Gasteiger partial charge in [0.05, 0.1) is 17.0 Å². The van der Waals surface area contributed by atoms with E-state index in [0.717, 1.165) is 12.1 Å². The van der Waals surface area contributed by atoms with E-state index in [9.17, 15) is 21.6 Å². The topological polar surface area (TPSA) is 72.2 Å². The van der Waals surface area contributed by atoms with E-state index >= 15 is 0 Å². The van der Waals surface area contributed by atoms with Crippen LogP contribution in [0.4, 0.5) is 18.9 Å². The normalized spacial score (nSPS) is 12.4. The predicted molar refractivity (Wildman–Crippen MR) is 62.5 cm³/mol. The quantitative estimate of drug-likeness (QED) is 0.865. The van der Waals surface area contributed by atoms with Gasteiger partial charge >= 0.3 is 6.18 Å². The number of nitrogens with two attached hydrogens (primary N) is 1. The molecule has 0 aliphatic carbocycles. The minimum absolute atomic E-state index is 0.155. The van der Waals surface area contributed by atoms with Crippen LogP contribution < -0.4 is 10.5 Å². The van der Waals surface area contributed by atoms with E-state index in [-0.39, 0.29) is 18.7 Å². The lowest BCUT2D eigenvalue weighted by Crippen LogP contribution is -2.21. The van der Waals surface area contributed by atoms with Crippen LogP contribution in [0.2, 0.25) is 0 Å². The third kappa shape index (κ3) is 4.19. The summed E-state index contributed by atoms with van der Waals surface area (Å²) in [5.41, 5.74) is 3.67. The molecule has 0 heterocycles. The number of hydrogen-bond donors (Lipinski definition) is 2. The number of para-hydroxylation sites is 1. The molecule has 102 valence electrons. The highest BCUT2D eigenvalue weighted by atomic mass is 32.2. The molecule has 0 aliphatic heterocycles. The summed E-state index contributed by atoms with van der Waals surface area (Å²) < 4.78 is 62.8. The van der Waals surface area contributed by atoms with Crippen LogP contribution >= 0.6 is 0 Å². The van der Waals surface area contributed by atoms with E-state index in [1.165, 1.54) is 12.1 Å². The fourth-order valence-corrected chi connectivity index (χ4v) is 2.47. The van der Waals surface area contributed by atoms with Gasteiger partial charge in [0, 0.05) is 0 Å². The summed E-state index contributed by atoms with van der Waals surface area (Å²) in [5, 5.41) is 0. The number of alkyl halides is 3. The number of anilines is 1. The van der Waals surface area contributed by atoms with Gasteiger partial charge in [-0.3, -0.25) is 4.72 Å². The molecule has 1 aromatic carbocycles. The van der Waals surface area contributed by atoms with Gasteiger partial charge in [-0.25, -0.2) is 8.42 Å². The summed E-state index contributed by atoms with van der Waals surface area (Å²) in [4.78, 5) is 0. The second-order valence-corrected chi connectivity index (χ2v) is 5.45. The first kappa shape index (κ1) is 14.8. The number of sulfonamides is 1. The smallest absolute Gasteiger partial charge is 0.330 e. The molecule has 8 heteroatoms. The summed E-state index contributed by atoms with van der Waals surface area (Å²) in [6, 6.07) is 4.42. The van der Waals surface area contributed by atoms with Crippen LogP contribution in [0.25, 0.3) is 0 Å². The summed E-state index contributed by atoms with van der Waals surface area (Å²) in [6.45, 7) is 0.155. The van der Waals surface area contributed by atoms with Crippen molar-refractivity contribution in [3.63, 3.8) is 0 Å². The van der Waals surface area contributed by atoms with Crippen LogP contribution in [-0.4, -0.2) is 20.7 Å². The number of hydrogen-bond acceptors (Lipinski definition) is 3. The van der Waals surface area contributed by atoms with Crippen molar-refractivity contribution in [2.75, 3.05) is 17.0 Å². The van der Waals surface area contributed by atoms with Crippen molar-refractivity contribution in [2.45, 2.75) is 12.6 Å². The van der Waals surface area contributed by atoms with E-state index in [1.54, 1.807) is 0 Å². The van der Waals surface area contributed by atoms with E-state index in [1.807, 2.05) is 4.72 Å². The van der Waals surface area contributed by atoms with Gasteiger partial charge in [0.25, 0.3) is 0 Å². The zero-order valence-corrected chi connectivity index (χ0v) is 10.2. The van der Waals surface area contributed by atoms with Crippen molar-refractivity contribution >= 4 is 15.7 Å². The van der Waals surface area contributed by atoms with Crippen molar-refractivity contribution in [3.8, 4) is 0 Å². The Hall–Kier alpha value is -1.28. The van der Waals surface area contributed by atoms with Gasteiger partial charge in [-0.2, -0.15) is 13.2 Å². The average molecular weight is 282 g/mol. The van der Waals surface area contributed by atoms with Crippen molar-refractivity contribution in [3.05, 3.63) is 29.8 Å². The molecule has 18 heavy (non-hydrogen) atoms. The van der Waals surface area contributed by atoms with Crippen molar-refractivity contribution < 1.29 is 21.6 Å². The molecule has 0 unspecified atom stereocenters. The lowest BCUT2D eigenvalue weighted by molar-refractivity contribution is -0.136. The Balaban J connectivity index is 2.98. The average Bonchev–Trinajstić information content (AvgIpc) is 2.25. The molecule has 0 fully saturated rings. The third-order valence-corrected chi connectivity index (χ3v) is 3.47. The molecule has 0 aliphatic rings. The zero-order chi connectivity index (χ0) is 13.8. The Kier molecular flexibility index (Phi) is 4.58. The SMILES string of the molecule is NCCCS(=O)(=O)Nc1ccccc1C(F)(F)F. The molecule has 0 bridgehead atoms. The third-order valence-electron chi connectivity index (χ3n) is 2.12. The molecule has 1 aromatic rings. The Labute approximate surface area is 103 Å². The standard InChI is InChI=1S/C10H13F3N2O2S/c11-10(12,13)8-4-1-2-5-9(8)15-18(16,17)7-3-6-14/h1-2,4-5,15H,3,6-7,14H2. The maximum atomic E-state index is 12.6. The van der Waals surface area contributed by atoms with Crippen LogP contribution in [-0.2, 0) is 16.2 Å². The summed E-state index contributed by atoms with van der Waals surface area (Å²) in [5.74, 6) is -0.310. The first-order valence-corrected chi connectivity index (χ1v) is 6.78. The number of halogens is 3. The fraction of sp³-hybridized carbons (Fsp3) is 0.400. The van der Waals surface area contributed by atoms with E-state index in [2.05, 4.69) is 0 Å². The molecule has 0 radical (unpaired) electrons. The second-order valence-electron chi connectivity index (χ2n) is 3.61. The van der Waals surface area contributed by atoms with Crippen LogP contribution in [0.5, 0.6) is 0 Å². The van der Waals surface area contributed by atoms with Crippen LogP contribution in [0.15, 0.2) is 24.3 Å². The van der Waals surface area contributed by atoms with E-state index in [0.29, 0.717) is 0 Å². The van der Waals surface area contributed by atoms with Gasteiger partial charge in [0.15, 0.2) is 0 Å². The van der Waals surface area contributed by atoms with Crippen molar-refractivity contribution in [2.24, 2.45) is 5.73 Å². The molecule has 0 spiro atoms. The molecule has 1 rings (SSSR count). The maximum Gasteiger partial charge on any atom is 0.418 e.